The van der Waals surface area contributed by atoms with Crippen LogP contribution in [0.2, 0.25) is 0 Å². The Hall–Kier alpha value is -2.81. The Morgan fingerprint density at radius 2 is 1.88 bits per heavy atom. The smallest absolute Gasteiger partial charge is 0.271 e. The topological polar surface area (TPSA) is 94.9 Å². The number of nitrogens with zero attached hydrogens (tertiary/aromatic N) is 6. The molecule has 3 aromatic rings. The minimum absolute atomic E-state index is 0.0446. The average Bonchev–Trinajstić information content (AvgIpc) is 3.14. The molecule has 0 saturated carbocycles. The van der Waals surface area contributed by atoms with Crippen molar-refractivity contribution in [2.45, 2.75) is 24.3 Å². The van der Waals surface area contributed by atoms with Crippen LogP contribution in [0.3, 0.4) is 0 Å². The van der Waals surface area contributed by atoms with Gasteiger partial charge in [0.15, 0.2) is 0 Å². The third-order valence-electron chi connectivity index (χ3n) is 3.84. The van der Waals surface area contributed by atoms with E-state index in [1.165, 1.54) is 16.4 Å². The summed E-state index contributed by atoms with van der Waals surface area (Å²) >= 11 is 1.27. The standard InChI is InChI=1S/C17H21N7OS/c1-11-10-12(2)24(21-11)16-19-20-17(23(16)18)26-14(15(25)22(3)4)13-8-6-5-7-9-13/h5-10,14H,18H2,1-4H3. The number of hydrogen-bond acceptors (Lipinski definition) is 6. The summed E-state index contributed by atoms with van der Waals surface area (Å²) in [5.41, 5.74) is 2.65. The van der Waals surface area contributed by atoms with Gasteiger partial charge in [-0.15, -0.1) is 10.2 Å². The SMILES string of the molecule is Cc1cc(C)n(-c2nnc(SC(C(=O)N(C)C)c3ccccc3)n2N)n1. The van der Waals surface area contributed by atoms with Crippen LogP contribution in [0, 0.1) is 13.8 Å². The third kappa shape index (κ3) is 3.43. The van der Waals surface area contributed by atoms with Crippen LogP contribution in [-0.4, -0.2) is 49.6 Å². The number of thioether (sulfide) groups is 1. The Kier molecular flexibility index (Phi) is 4.99. The summed E-state index contributed by atoms with van der Waals surface area (Å²) < 4.78 is 3.00. The van der Waals surface area contributed by atoms with Crippen molar-refractivity contribution in [2.75, 3.05) is 19.9 Å². The van der Waals surface area contributed by atoms with Crippen LogP contribution >= 0.6 is 11.8 Å². The summed E-state index contributed by atoms with van der Waals surface area (Å²) in [6.07, 6.45) is 0. The van der Waals surface area contributed by atoms with E-state index in [-0.39, 0.29) is 5.91 Å². The lowest BCUT2D eigenvalue weighted by molar-refractivity contribution is -0.128. The number of rotatable bonds is 5. The molecule has 0 saturated heterocycles. The van der Waals surface area contributed by atoms with Gasteiger partial charge >= 0.3 is 0 Å². The fourth-order valence-corrected chi connectivity index (χ4v) is 3.65. The van der Waals surface area contributed by atoms with Crippen molar-refractivity contribution in [3.8, 4) is 5.95 Å². The van der Waals surface area contributed by atoms with Gasteiger partial charge in [-0.3, -0.25) is 4.79 Å². The Morgan fingerprint density at radius 1 is 1.19 bits per heavy atom. The van der Waals surface area contributed by atoms with E-state index in [0.29, 0.717) is 11.1 Å². The molecule has 2 N–H and O–H groups in total. The second-order valence-electron chi connectivity index (χ2n) is 6.13. The Labute approximate surface area is 156 Å². The van der Waals surface area contributed by atoms with Crippen molar-refractivity contribution >= 4 is 17.7 Å². The lowest BCUT2D eigenvalue weighted by atomic mass is 10.1. The summed E-state index contributed by atoms with van der Waals surface area (Å²) in [5.74, 6) is 6.56. The molecular formula is C17H21N7OS. The molecule has 0 bridgehead atoms. The van der Waals surface area contributed by atoms with Gasteiger partial charge in [-0.05, 0) is 25.5 Å². The van der Waals surface area contributed by atoms with Gasteiger partial charge in [0.05, 0.1) is 5.69 Å². The maximum atomic E-state index is 12.7. The second kappa shape index (κ2) is 7.20. The average molecular weight is 371 g/mol. The molecule has 0 fully saturated rings. The maximum Gasteiger partial charge on any atom is 0.271 e. The first-order chi connectivity index (χ1) is 12.4. The molecule has 9 heteroatoms. The molecule has 8 nitrogen and oxygen atoms in total. The first-order valence-corrected chi connectivity index (χ1v) is 8.93. The predicted molar refractivity (Wildman–Crippen MR) is 101 cm³/mol. The molecule has 0 radical (unpaired) electrons. The van der Waals surface area contributed by atoms with E-state index in [1.807, 2.05) is 50.2 Å². The molecule has 0 aliphatic heterocycles. The van der Waals surface area contributed by atoms with E-state index < -0.39 is 5.25 Å². The summed E-state index contributed by atoms with van der Waals surface area (Å²) in [6.45, 7) is 3.82. The zero-order chi connectivity index (χ0) is 18.8. The molecule has 2 heterocycles. The minimum atomic E-state index is -0.467. The summed E-state index contributed by atoms with van der Waals surface area (Å²) in [7, 11) is 3.46. The maximum absolute atomic E-state index is 12.7. The van der Waals surface area contributed by atoms with Crippen molar-refractivity contribution in [2.24, 2.45) is 0 Å². The first-order valence-electron chi connectivity index (χ1n) is 8.05. The van der Waals surface area contributed by atoms with E-state index in [0.717, 1.165) is 17.0 Å². The highest BCUT2D eigenvalue weighted by Gasteiger charge is 2.27. The van der Waals surface area contributed by atoms with Crippen molar-refractivity contribution < 1.29 is 4.79 Å². The summed E-state index contributed by atoms with van der Waals surface area (Å²) in [5, 5.41) is 12.7. The second-order valence-corrected chi connectivity index (χ2v) is 7.20. The number of hydrogen-bond donors (Lipinski definition) is 1. The zero-order valence-electron chi connectivity index (χ0n) is 15.1. The van der Waals surface area contributed by atoms with Crippen molar-refractivity contribution in [3.05, 3.63) is 53.3 Å². The van der Waals surface area contributed by atoms with Gasteiger partial charge in [0, 0.05) is 19.8 Å². The first kappa shape index (κ1) is 18.0. The number of benzene rings is 1. The highest BCUT2D eigenvalue weighted by Crippen LogP contribution is 2.35. The monoisotopic (exact) mass is 371 g/mol. The molecule has 0 aliphatic carbocycles. The normalized spacial score (nSPS) is 12.2. The van der Waals surface area contributed by atoms with Gasteiger partial charge in [-0.2, -0.15) is 5.10 Å². The number of nitrogens with two attached hydrogens (primary N) is 1. The molecule has 3 rings (SSSR count). The molecule has 136 valence electrons. The lowest BCUT2D eigenvalue weighted by Gasteiger charge is -2.20. The van der Waals surface area contributed by atoms with Crippen molar-refractivity contribution in [1.29, 1.82) is 0 Å². The number of carbonyl (C=O) groups is 1. The number of likely N-dealkylation sites (N-methyl/N-ethyl adjacent to an activating group) is 1. The predicted octanol–water partition coefficient (Wildman–Crippen LogP) is 1.72. The number of carbonyl (C=O) groups excluding carboxylic acids is 1. The zero-order valence-corrected chi connectivity index (χ0v) is 15.9. The number of nitrogen functional groups attached to an aromatic ring is 1. The van der Waals surface area contributed by atoms with Crippen LogP contribution in [0.1, 0.15) is 22.2 Å². The number of aryl methyl sites for hydroxylation is 2. The van der Waals surface area contributed by atoms with Crippen molar-refractivity contribution in [1.82, 2.24) is 29.6 Å². The molecule has 1 atom stereocenters. The Bertz CT molecular complexity index is 917. The van der Waals surface area contributed by atoms with E-state index >= 15 is 0 Å². The molecular weight excluding hydrogens is 350 g/mol. The number of aromatic nitrogens is 5. The van der Waals surface area contributed by atoms with E-state index in [4.69, 9.17) is 5.84 Å². The highest BCUT2D eigenvalue weighted by atomic mass is 32.2. The van der Waals surface area contributed by atoms with E-state index in [9.17, 15) is 4.79 Å². The molecule has 0 spiro atoms. The van der Waals surface area contributed by atoms with Gasteiger partial charge in [0.25, 0.3) is 5.95 Å². The largest absolute Gasteiger partial charge is 0.348 e. The van der Waals surface area contributed by atoms with Gasteiger partial charge in [-0.25, -0.2) is 9.36 Å². The van der Waals surface area contributed by atoms with Crippen LogP contribution in [-0.2, 0) is 4.79 Å². The molecule has 1 amide bonds. The van der Waals surface area contributed by atoms with Crippen LogP contribution in [0.25, 0.3) is 5.95 Å². The fraction of sp³-hybridized carbons (Fsp3) is 0.294. The highest BCUT2D eigenvalue weighted by molar-refractivity contribution is 8.00. The molecule has 26 heavy (non-hydrogen) atoms. The Balaban J connectivity index is 1.95. The van der Waals surface area contributed by atoms with Crippen LogP contribution < -0.4 is 5.84 Å². The molecule has 0 aliphatic rings. The van der Waals surface area contributed by atoms with Crippen LogP contribution in [0.15, 0.2) is 41.6 Å². The van der Waals surface area contributed by atoms with Crippen molar-refractivity contribution in [3.63, 3.8) is 0 Å². The van der Waals surface area contributed by atoms with Gasteiger partial charge in [-0.1, -0.05) is 42.1 Å². The lowest BCUT2D eigenvalue weighted by Crippen LogP contribution is -2.27. The van der Waals surface area contributed by atoms with E-state index in [2.05, 4.69) is 15.3 Å². The van der Waals surface area contributed by atoms with Crippen LogP contribution in [0.5, 0.6) is 0 Å². The summed E-state index contributed by atoms with van der Waals surface area (Å²) in [6, 6.07) is 11.5. The van der Waals surface area contributed by atoms with Gasteiger partial charge in [0.2, 0.25) is 11.1 Å². The third-order valence-corrected chi connectivity index (χ3v) is 5.03. The minimum Gasteiger partial charge on any atom is -0.348 e. The fourth-order valence-electron chi connectivity index (χ4n) is 2.55. The number of amides is 1. The molecule has 1 unspecified atom stereocenters. The summed E-state index contributed by atoms with van der Waals surface area (Å²) in [4.78, 5) is 14.2. The quantitative estimate of drug-likeness (QED) is 0.542. The van der Waals surface area contributed by atoms with Crippen LogP contribution in [0.4, 0.5) is 0 Å². The van der Waals surface area contributed by atoms with E-state index in [1.54, 1.807) is 23.7 Å². The Morgan fingerprint density at radius 3 is 2.46 bits per heavy atom. The van der Waals surface area contributed by atoms with Gasteiger partial charge < -0.3 is 10.7 Å². The molecule has 2 aromatic heterocycles. The van der Waals surface area contributed by atoms with Gasteiger partial charge in [0.1, 0.15) is 5.25 Å². The molecule has 1 aromatic carbocycles.